The van der Waals surface area contributed by atoms with Crippen molar-refractivity contribution in [2.75, 3.05) is 38.0 Å². The predicted molar refractivity (Wildman–Crippen MR) is 135 cm³/mol. The molecule has 0 radical (unpaired) electrons. The topological polar surface area (TPSA) is 82.2 Å². The van der Waals surface area contributed by atoms with Gasteiger partial charge < -0.3 is 16.0 Å². The molecule has 0 spiro atoms. The maximum atomic E-state index is 12.7. The third-order valence-electron chi connectivity index (χ3n) is 6.47. The number of rotatable bonds is 8. The molecule has 3 N–H and O–H groups in total. The van der Waals surface area contributed by atoms with Crippen molar-refractivity contribution in [1.29, 1.82) is 0 Å². The van der Waals surface area contributed by atoms with Gasteiger partial charge in [0.2, 0.25) is 5.95 Å². The van der Waals surface area contributed by atoms with E-state index in [9.17, 15) is 4.79 Å². The number of hydrogen-bond donors (Lipinski definition) is 3. The number of carbonyl (C=O) groups is 1. The summed E-state index contributed by atoms with van der Waals surface area (Å²) in [5.41, 5.74) is 2.71. The first kappa shape index (κ1) is 22.3. The number of nitrogens with zero attached hydrogens (tertiary/aromatic N) is 3. The van der Waals surface area contributed by atoms with E-state index in [1.165, 1.54) is 0 Å². The number of anilines is 1. The average molecular weight is 465 g/mol. The summed E-state index contributed by atoms with van der Waals surface area (Å²) in [4.78, 5) is 25.6. The van der Waals surface area contributed by atoms with Gasteiger partial charge in [0.05, 0.1) is 10.6 Å². The molecule has 1 saturated carbocycles. The summed E-state index contributed by atoms with van der Waals surface area (Å²) >= 11 is 1.68. The largest absolute Gasteiger partial charge is 0.354 e. The molecular formula is C25H32N6OS. The van der Waals surface area contributed by atoms with Crippen molar-refractivity contribution >= 4 is 33.3 Å². The summed E-state index contributed by atoms with van der Waals surface area (Å²) in [6.45, 7) is 9.49. The second-order valence-electron chi connectivity index (χ2n) is 9.17. The molecule has 2 aromatic heterocycles. The smallest absolute Gasteiger partial charge is 0.252 e. The molecule has 1 aliphatic carbocycles. The fraction of sp³-hybridized carbons (Fsp3) is 0.480. The first-order valence-corrected chi connectivity index (χ1v) is 12.8. The molecule has 1 aliphatic heterocycles. The van der Waals surface area contributed by atoms with E-state index in [1.807, 2.05) is 25.3 Å². The van der Waals surface area contributed by atoms with Crippen molar-refractivity contribution in [2.45, 2.75) is 45.2 Å². The van der Waals surface area contributed by atoms with Crippen LogP contribution in [-0.4, -0.2) is 65.6 Å². The number of fused-ring (bicyclic) bond motifs is 1. The molecule has 3 aromatic rings. The number of amides is 1. The molecule has 1 amide bonds. The van der Waals surface area contributed by atoms with Crippen LogP contribution in [0.1, 0.15) is 42.1 Å². The number of aromatic nitrogens is 2. The Kier molecular flexibility index (Phi) is 6.57. The van der Waals surface area contributed by atoms with E-state index in [4.69, 9.17) is 4.98 Å². The summed E-state index contributed by atoms with van der Waals surface area (Å²) in [7, 11) is 0. The lowest BCUT2D eigenvalue weighted by atomic mass is 10.1. The van der Waals surface area contributed by atoms with Crippen LogP contribution in [0.15, 0.2) is 30.5 Å². The highest BCUT2D eigenvalue weighted by atomic mass is 32.1. The number of aryl methyl sites for hydroxylation is 1. The minimum absolute atomic E-state index is 0.0213. The average Bonchev–Trinajstić information content (AvgIpc) is 3.52. The Balaban J connectivity index is 1.29. The molecule has 1 aromatic carbocycles. The van der Waals surface area contributed by atoms with E-state index in [1.54, 1.807) is 11.3 Å². The zero-order valence-corrected chi connectivity index (χ0v) is 20.2. The van der Waals surface area contributed by atoms with Gasteiger partial charge in [-0.3, -0.25) is 9.69 Å². The number of carbonyl (C=O) groups excluding carboxylic acids is 1. The van der Waals surface area contributed by atoms with E-state index in [0.717, 1.165) is 83.8 Å². The number of piperazine rings is 1. The Morgan fingerprint density at radius 3 is 3.03 bits per heavy atom. The van der Waals surface area contributed by atoms with E-state index >= 15 is 0 Å². The quantitative estimate of drug-likeness (QED) is 0.442. The number of nitrogens with one attached hydrogen (secondary N) is 3. The van der Waals surface area contributed by atoms with E-state index in [-0.39, 0.29) is 5.91 Å². The van der Waals surface area contributed by atoms with Crippen LogP contribution in [0.3, 0.4) is 0 Å². The first-order chi connectivity index (χ1) is 16.1. The van der Waals surface area contributed by atoms with Crippen molar-refractivity contribution < 1.29 is 4.79 Å². The second-order valence-corrected chi connectivity index (χ2v) is 10.3. The molecule has 8 heteroatoms. The molecule has 7 nitrogen and oxygen atoms in total. The Labute approximate surface area is 199 Å². The monoisotopic (exact) mass is 464 g/mol. The van der Waals surface area contributed by atoms with Crippen molar-refractivity contribution in [2.24, 2.45) is 0 Å². The SMILES string of the molecule is Cc1cnc(NCCCN2CCNC[C@@H]2C)nc1-c1cc2c(C(=O)NC3CC3)cccc2s1. The summed E-state index contributed by atoms with van der Waals surface area (Å²) in [6.07, 6.45) is 5.11. The van der Waals surface area contributed by atoms with Gasteiger partial charge in [0.1, 0.15) is 0 Å². The summed E-state index contributed by atoms with van der Waals surface area (Å²) in [6, 6.07) is 8.99. The molecule has 3 heterocycles. The maximum absolute atomic E-state index is 12.7. The van der Waals surface area contributed by atoms with Gasteiger partial charge >= 0.3 is 0 Å². The van der Waals surface area contributed by atoms with Crippen molar-refractivity contribution in [3.63, 3.8) is 0 Å². The summed E-state index contributed by atoms with van der Waals surface area (Å²) in [5.74, 6) is 0.682. The molecule has 1 saturated heterocycles. The highest BCUT2D eigenvalue weighted by molar-refractivity contribution is 7.22. The number of benzene rings is 1. The minimum Gasteiger partial charge on any atom is -0.354 e. The van der Waals surface area contributed by atoms with Crippen LogP contribution in [-0.2, 0) is 0 Å². The van der Waals surface area contributed by atoms with E-state index in [0.29, 0.717) is 18.0 Å². The third kappa shape index (κ3) is 5.18. The standard InChI is InChI=1S/C25H32N6OS/c1-16-14-28-25(27-9-4-11-31-12-10-26-15-17(31)2)30-23(16)22-13-20-19(5-3-6-21(20)33-22)24(32)29-18-7-8-18/h3,5-6,13-14,17-18,26H,4,7-12,15H2,1-2H3,(H,29,32)(H,27,28,30)/t17-/m0/s1. The zero-order valence-electron chi connectivity index (χ0n) is 19.4. The van der Waals surface area contributed by atoms with Gasteiger partial charge in [0.25, 0.3) is 5.91 Å². The van der Waals surface area contributed by atoms with Crippen molar-refractivity contribution in [3.05, 3.63) is 41.6 Å². The lowest BCUT2D eigenvalue weighted by Gasteiger charge is -2.33. The molecule has 33 heavy (non-hydrogen) atoms. The van der Waals surface area contributed by atoms with Crippen LogP contribution in [0.2, 0.25) is 0 Å². The predicted octanol–water partition coefficient (Wildman–Crippen LogP) is 3.65. The van der Waals surface area contributed by atoms with Crippen molar-refractivity contribution in [1.82, 2.24) is 25.5 Å². The molecule has 2 aliphatic rings. The lowest BCUT2D eigenvalue weighted by molar-refractivity contribution is 0.0953. The van der Waals surface area contributed by atoms with Crippen LogP contribution in [0, 0.1) is 6.92 Å². The minimum atomic E-state index is 0.0213. The summed E-state index contributed by atoms with van der Waals surface area (Å²) in [5, 5.41) is 10.9. The van der Waals surface area contributed by atoms with Crippen LogP contribution >= 0.6 is 11.3 Å². The molecule has 174 valence electrons. The van der Waals surface area contributed by atoms with Crippen molar-refractivity contribution in [3.8, 4) is 10.6 Å². The molecular weight excluding hydrogens is 432 g/mol. The van der Waals surface area contributed by atoms with Gasteiger partial charge in [0.15, 0.2) is 0 Å². The fourth-order valence-corrected chi connectivity index (χ4v) is 5.48. The highest BCUT2D eigenvalue weighted by Crippen LogP contribution is 2.36. The van der Waals surface area contributed by atoms with E-state index < -0.39 is 0 Å². The first-order valence-electron chi connectivity index (χ1n) is 11.9. The van der Waals surface area contributed by atoms with Gasteiger partial charge in [-0.15, -0.1) is 11.3 Å². The molecule has 5 rings (SSSR count). The Hall–Kier alpha value is -2.55. The third-order valence-corrected chi connectivity index (χ3v) is 7.57. The normalized spacial score (nSPS) is 19.0. The highest BCUT2D eigenvalue weighted by Gasteiger charge is 2.25. The Bertz CT molecular complexity index is 1140. The van der Waals surface area contributed by atoms with Gasteiger partial charge in [-0.2, -0.15) is 0 Å². The van der Waals surface area contributed by atoms with Crippen LogP contribution in [0.4, 0.5) is 5.95 Å². The lowest BCUT2D eigenvalue weighted by Crippen LogP contribution is -2.50. The van der Waals surface area contributed by atoms with Crippen LogP contribution in [0.5, 0.6) is 0 Å². The fourth-order valence-electron chi connectivity index (χ4n) is 4.34. The molecule has 1 atom stereocenters. The zero-order chi connectivity index (χ0) is 22.8. The number of thiophene rings is 1. The van der Waals surface area contributed by atoms with Gasteiger partial charge in [-0.25, -0.2) is 9.97 Å². The van der Waals surface area contributed by atoms with Gasteiger partial charge in [0, 0.05) is 66.7 Å². The Morgan fingerprint density at radius 2 is 2.21 bits per heavy atom. The van der Waals surface area contributed by atoms with Crippen LogP contribution in [0.25, 0.3) is 20.7 Å². The Morgan fingerprint density at radius 1 is 1.33 bits per heavy atom. The molecule has 2 fully saturated rings. The number of hydrogen-bond acceptors (Lipinski definition) is 7. The maximum Gasteiger partial charge on any atom is 0.252 e. The molecule has 0 bridgehead atoms. The second kappa shape index (κ2) is 9.75. The van der Waals surface area contributed by atoms with Gasteiger partial charge in [-0.1, -0.05) is 6.07 Å². The van der Waals surface area contributed by atoms with Gasteiger partial charge in [-0.05, 0) is 56.9 Å². The summed E-state index contributed by atoms with van der Waals surface area (Å²) < 4.78 is 1.10. The van der Waals surface area contributed by atoms with E-state index in [2.05, 4.69) is 44.9 Å². The van der Waals surface area contributed by atoms with Crippen LogP contribution < -0.4 is 16.0 Å². The molecule has 0 unspecified atom stereocenters.